The van der Waals surface area contributed by atoms with Crippen molar-refractivity contribution in [2.75, 3.05) is 13.4 Å². The molecule has 0 radical (unpaired) electrons. The zero-order chi connectivity index (χ0) is 16.8. The smallest absolute Gasteiger partial charge is 0.251 e. The number of halogens is 1. The van der Waals surface area contributed by atoms with E-state index >= 15 is 0 Å². The Kier molecular flexibility index (Phi) is 6.54. The SMILES string of the molecule is COc1ccc([C@H](C)NC(=O)c2ccc(CSC)cc2)cc1Br. The minimum atomic E-state index is -0.0874. The lowest BCUT2D eigenvalue weighted by Gasteiger charge is -2.16. The Hall–Kier alpha value is -1.46. The van der Waals surface area contributed by atoms with Crippen LogP contribution in [0.2, 0.25) is 0 Å². The van der Waals surface area contributed by atoms with Crippen LogP contribution in [0, 0.1) is 0 Å². The van der Waals surface area contributed by atoms with Crippen molar-refractivity contribution in [1.29, 1.82) is 0 Å². The van der Waals surface area contributed by atoms with E-state index in [1.54, 1.807) is 18.9 Å². The van der Waals surface area contributed by atoms with Gasteiger partial charge in [0.1, 0.15) is 5.75 Å². The van der Waals surface area contributed by atoms with Gasteiger partial charge in [0.2, 0.25) is 0 Å². The van der Waals surface area contributed by atoms with Gasteiger partial charge in [-0.15, -0.1) is 0 Å². The highest BCUT2D eigenvalue weighted by atomic mass is 79.9. The molecule has 0 unspecified atom stereocenters. The fraction of sp³-hybridized carbons (Fsp3) is 0.278. The molecular weight excluding hydrogens is 374 g/mol. The molecule has 0 bridgehead atoms. The molecule has 2 aromatic carbocycles. The second-order valence-electron chi connectivity index (χ2n) is 5.22. The number of benzene rings is 2. The van der Waals surface area contributed by atoms with E-state index in [-0.39, 0.29) is 11.9 Å². The summed E-state index contributed by atoms with van der Waals surface area (Å²) in [6.45, 7) is 1.97. The zero-order valence-electron chi connectivity index (χ0n) is 13.4. The van der Waals surface area contributed by atoms with Gasteiger partial charge in [0.25, 0.3) is 5.91 Å². The van der Waals surface area contributed by atoms with Crippen molar-refractivity contribution >= 4 is 33.6 Å². The molecule has 1 atom stereocenters. The van der Waals surface area contributed by atoms with Crippen molar-refractivity contribution in [3.8, 4) is 5.75 Å². The van der Waals surface area contributed by atoms with Crippen LogP contribution >= 0.6 is 27.7 Å². The third-order valence-corrected chi connectivity index (χ3v) is 4.79. The lowest BCUT2D eigenvalue weighted by Crippen LogP contribution is -2.26. The first kappa shape index (κ1) is 17.9. The third-order valence-electron chi connectivity index (χ3n) is 3.55. The van der Waals surface area contributed by atoms with E-state index in [1.165, 1.54) is 5.56 Å². The van der Waals surface area contributed by atoms with Gasteiger partial charge in [-0.2, -0.15) is 11.8 Å². The van der Waals surface area contributed by atoms with Crippen LogP contribution in [-0.2, 0) is 5.75 Å². The van der Waals surface area contributed by atoms with Crippen molar-refractivity contribution < 1.29 is 9.53 Å². The molecule has 0 saturated heterocycles. The standard InChI is InChI=1S/C18H20BrNO2S/c1-12(15-8-9-17(22-2)16(19)10-15)20-18(21)14-6-4-13(5-7-14)11-23-3/h4-10,12H,11H2,1-3H3,(H,20,21)/t12-/m0/s1. The molecule has 5 heteroatoms. The average molecular weight is 394 g/mol. The van der Waals surface area contributed by atoms with Gasteiger partial charge in [-0.3, -0.25) is 4.79 Å². The predicted molar refractivity (Wildman–Crippen MR) is 100 cm³/mol. The van der Waals surface area contributed by atoms with Gasteiger partial charge in [0.15, 0.2) is 0 Å². The molecule has 0 aromatic heterocycles. The van der Waals surface area contributed by atoms with Crippen LogP contribution in [0.5, 0.6) is 5.75 Å². The molecular formula is C18H20BrNO2S. The monoisotopic (exact) mass is 393 g/mol. The quantitative estimate of drug-likeness (QED) is 0.764. The minimum absolute atomic E-state index is 0.0693. The van der Waals surface area contributed by atoms with Gasteiger partial charge in [0, 0.05) is 11.3 Å². The molecule has 122 valence electrons. The Balaban J connectivity index is 2.05. The molecule has 0 fully saturated rings. The summed E-state index contributed by atoms with van der Waals surface area (Å²) in [6.07, 6.45) is 2.06. The first-order chi connectivity index (χ1) is 11.0. The maximum Gasteiger partial charge on any atom is 0.251 e. The van der Waals surface area contributed by atoms with Crippen LogP contribution in [0.4, 0.5) is 0 Å². The van der Waals surface area contributed by atoms with E-state index in [0.29, 0.717) is 5.56 Å². The normalized spacial score (nSPS) is 11.8. The minimum Gasteiger partial charge on any atom is -0.496 e. The number of hydrogen-bond donors (Lipinski definition) is 1. The van der Waals surface area contributed by atoms with Gasteiger partial charge in [-0.25, -0.2) is 0 Å². The molecule has 0 spiro atoms. The molecule has 2 aromatic rings. The number of hydrogen-bond acceptors (Lipinski definition) is 3. The van der Waals surface area contributed by atoms with E-state index in [0.717, 1.165) is 21.5 Å². The summed E-state index contributed by atoms with van der Waals surface area (Å²) in [4.78, 5) is 12.4. The fourth-order valence-corrected chi connectivity index (χ4v) is 3.32. The number of ether oxygens (including phenoxy) is 1. The lowest BCUT2D eigenvalue weighted by atomic mass is 10.1. The Morgan fingerprint density at radius 2 is 1.96 bits per heavy atom. The number of carbonyl (C=O) groups is 1. The van der Waals surface area contributed by atoms with E-state index in [2.05, 4.69) is 27.5 Å². The molecule has 2 rings (SSSR count). The van der Waals surface area contributed by atoms with Crippen LogP contribution in [0.25, 0.3) is 0 Å². The highest BCUT2D eigenvalue weighted by Gasteiger charge is 2.13. The maximum absolute atomic E-state index is 12.4. The number of nitrogens with one attached hydrogen (secondary N) is 1. The van der Waals surface area contributed by atoms with E-state index in [4.69, 9.17) is 4.74 Å². The lowest BCUT2D eigenvalue weighted by molar-refractivity contribution is 0.0940. The van der Waals surface area contributed by atoms with Crippen molar-refractivity contribution in [2.45, 2.75) is 18.7 Å². The van der Waals surface area contributed by atoms with Crippen molar-refractivity contribution in [1.82, 2.24) is 5.32 Å². The summed E-state index contributed by atoms with van der Waals surface area (Å²) in [5, 5.41) is 3.02. The topological polar surface area (TPSA) is 38.3 Å². The van der Waals surface area contributed by atoms with Crippen LogP contribution < -0.4 is 10.1 Å². The highest BCUT2D eigenvalue weighted by Crippen LogP contribution is 2.28. The Bertz CT molecular complexity index is 673. The maximum atomic E-state index is 12.4. The van der Waals surface area contributed by atoms with E-state index in [1.807, 2.05) is 49.4 Å². The first-order valence-electron chi connectivity index (χ1n) is 7.27. The Labute approximate surface area is 149 Å². The van der Waals surface area contributed by atoms with Crippen molar-refractivity contribution in [2.24, 2.45) is 0 Å². The zero-order valence-corrected chi connectivity index (χ0v) is 15.8. The number of amides is 1. The summed E-state index contributed by atoms with van der Waals surface area (Å²) in [6, 6.07) is 13.5. The first-order valence-corrected chi connectivity index (χ1v) is 9.46. The fourth-order valence-electron chi connectivity index (χ4n) is 2.23. The summed E-state index contributed by atoms with van der Waals surface area (Å²) in [5.74, 6) is 1.66. The van der Waals surface area contributed by atoms with Gasteiger partial charge < -0.3 is 10.1 Å². The number of rotatable bonds is 6. The van der Waals surface area contributed by atoms with Gasteiger partial charge in [0.05, 0.1) is 17.6 Å². The molecule has 0 heterocycles. The third kappa shape index (κ3) is 4.75. The molecule has 0 saturated carbocycles. The number of thioether (sulfide) groups is 1. The second-order valence-corrected chi connectivity index (χ2v) is 6.94. The summed E-state index contributed by atoms with van der Waals surface area (Å²) < 4.78 is 6.10. The predicted octanol–water partition coefficient (Wildman–Crippen LogP) is 4.81. The highest BCUT2D eigenvalue weighted by molar-refractivity contribution is 9.10. The van der Waals surface area contributed by atoms with E-state index in [9.17, 15) is 4.79 Å². The Morgan fingerprint density at radius 1 is 1.26 bits per heavy atom. The Morgan fingerprint density at radius 3 is 2.52 bits per heavy atom. The molecule has 0 aliphatic heterocycles. The summed E-state index contributed by atoms with van der Waals surface area (Å²) >= 11 is 5.24. The van der Waals surface area contributed by atoms with Crippen LogP contribution in [-0.4, -0.2) is 19.3 Å². The van der Waals surface area contributed by atoms with E-state index < -0.39 is 0 Å². The van der Waals surface area contributed by atoms with Crippen molar-refractivity contribution in [3.05, 3.63) is 63.6 Å². The van der Waals surface area contributed by atoms with Crippen LogP contribution in [0.1, 0.15) is 34.5 Å². The molecule has 0 aliphatic rings. The van der Waals surface area contributed by atoms with Gasteiger partial charge in [-0.05, 0) is 64.5 Å². The largest absolute Gasteiger partial charge is 0.496 e. The molecule has 1 N–H and O–H groups in total. The average Bonchev–Trinajstić information content (AvgIpc) is 2.55. The van der Waals surface area contributed by atoms with Crippen molar-refractivity contribution in [3.63, 3.8) is 0 Å². The molecule has 1 amide bonds. The van der Waals surface area contributed by atoms with Crippen LogP contribution in [0.3, 0.4) is 0 Å². The van der Waals surface area contributed by atoms with Crippen LogP contribution in [0.15, 0.2) is 46.9 Å². The molecule has 0 aliphatic carbocycles. The summed E-state index contributed by atoms with van der Waals surface area (Å²) in [7, 11) is 1.63. The summed E-state index contributed by atoms with van der Waals surface area (Å²) in [5.41, 5.74) is 2.92. The molecule has 23 heavy (non-hydrogen) atoms. The van der Waals surface area contributed by atoms with Gasteiger partial charge >= 0.3 is 0 Å². The number of carbonyl (C=O) groups excluding carboxylic acids is 1. The van der Waals surface area contributed by atoms with Gasteiger partial charge in [-0.1, -0.05) is 18.2 Å². The molecule has 3 nitrogen and oxygen atoms in total. The number of methoxy groups -OCH3 is 1. The second kappa shape index (κ2) is 8.41.